The molecule has 0 radical (unpaired) electrons. The molecule has 0 bridgehead atoms. The molecule has 2 aromatic heterocycles. The number of hydrogen-bond donors (Lipinski definition) is 2. The van der Waals surface area contributed by atoms with Crippen LogP contribution in [0.25, 0.3) is 11.5 Å². The van der Waals surface area contributed by atoms with Gasteiger partial charge < -0.3 is 9.40 Å². The summed E-state index contributed by atoms with van der Waals surface area (Å²) in [6.07, 6.45) is 0. The Morgan fingerprint density at radius 2 is 1.80 bits per heavy atom. The molecule has 0 amide bonds. The zero-order chi connectivity index (χ0) is 18.2. The Bertz CT molecular complexity index is 1010. The molecule has 3 rings (SSSR count). The molecule has 0 atom stereocenters. The maximum atomic E-state index is 12.9. The average Bonchev–Trinajstić information content (AvgIpc) is 3.09. The first-order valence-corrected chi connectivity index (χ1v) is 9.38. The van der Waals surface area contributed by atoms with Crippen LogP contribution in [0, 0.1) is 20.8 Å². The highest BCUT2D eigenvalue weighted by Crippen LogP contribution is 2.32. The van der Waals surface area contributed by atoms with E-state index in [0.717, 1.165) is 5.56 Å². The summed E-state index contributed by atoms with van der Waals surface area (Å²) < 4.78 is 33.7. The fourth-order valence-corrected chi connectivity index (χ4v) is 4.19. The summed E-state index contributed by atoms with van der Waals surface area (Å²) in [6.45, 7) is 5.25. The highest BCUT2D eigenvalue weighted by Gasteiger charge is 2.28. The van der Waals surface area contributed by atoms with Crippen molar-refractivity contribution in [3.05, 3.63) is 52.1 Å². The van der Waals surface area contributed by atoms with Gasteiger partial charge in [-0.05, 0) is 31.5 Å². The number of aromatic nitrogens is 3. The Kier molecular flexibility index (Phi) is 4.68. The number of aromatic amines is 1. The monoisotopic (exact) mass is 380 g/mol. The molecule has 0 spiro atoms. The molecule has 0 aliphatic heterocycles. The first-order valence-electron chi connectivity index (χ1n) is 7.51. The first-order chi connectivity index (χ1) is 11.8. The first kappa shape index (κ1) is 17.7. The molecular weight excluding hydrogens is 364 g/mol. The van der Waals surface area contributed by atoms with Crippen molar-refractivity contribution in [2.75, 3.05) is 0 Å². The molecular formula is C16H17ClN4O3S. The van der Waals surface area contributed by atoms with Crippen LogP contribution in [-0.4, -0.2) is 23.6 Å². The Morgan fingerprint density at radius 1 is 1.12 bits per heavy atom. The van der Waals surface area contributed by atoms with Crippen molar-refractivity contribution in [1.29, 1.82) is 0 Å². The van der Waals surface area contributed by atoms with E-state index in [1.807, 2.05) is 0 Å². The minimum atomic E-state index is -3.79. The fourth-order valence-electron chi connectivity index (χ4n) is 2.60. The Balaban J connectivity index is 1.95. The molecule has 0 fully saturated rings. The van der Waals surface area contributed by atoms with Gasteiger partial charge in [0.05, 0.1) is 5.56 Å². The number of nitrogens with zero attached hydrogens (tertiary/aromatic N) is 2. The predicted molar refractivity (Wildman–Crippen MR) is 93.8 cm³/mol. The molecule has 0 aliphatic rings. The third-order valence-electron chi connectivity index (χ3n) is 3.71. The maximum Gasteiger partial charge on any atom is 0.250 e. The molecule has 0 saturated carbocycles. The fraction of sp³-hybridized carbons (Fsp3) is 0.250. The van der Waals surface area contributed by atoms with E-state index in [4.69, 9.17) is 16.0 Å². The van der Waals surface area contributed by atoms with Crippen LogP contribution in [-0.2, 0) is 16.6 Å². The number of halogens is 1. The van der Waals surface area contributed by atoms with E-state index in [1.54, 1.807) is 45.0 Å². The third kappa shape index (κ3) is 3.60. The topological polar surface area (TPSA) is 101 Å². The Hall–Kier alpha value is -2.16. The molecule has 2 N–H and O–H groups in total. The average molecular weight is 381 g/mol. The maximum absolute atomic E-state index is 12.9. The van der Waals surface area contributed by atoms with Gasteiger partial charge in [0.15, 0.2) is 0 Å². The Morgan fingerprint density at radius 3 is 2.40 bits per heavy atom. The van der Waals surface area contributed by atoms with Gasteiger partial charge in [0.2, 0.25) is 15.9 Å². The molecule has 0 unspecified atom stereocenters. The highest BCUT2D eigenvalue weighted by atomic mass is 35.5. The normalized spacial score (nSPS) is 11.8. The van der Waals surface area contributed by atoms with Crippen LogP contribution in [0.3, 0.4) is 0 Å². The second kappa shape index (κ2) is 6.62. The molecule has 132 valence electrons. The molecule has 9 heteroatoms. The van der Waals surface area contributed by atoms with Gasteiger partial charge in [-0.25, -0.2) is 13.1 Å². The van der Waals surface area contributed by atoms with Crippen molar-refractivity contribution in [1.82, 2.24) is 19.9 Å². The number of rotatable bonds is 5. The van der Waals surface area contributed by atoms with Crippen LogP contribution in [0.1, 0.15) is 22.8 Å². The quantitative estimate of drug-likeness (QED) is 0.708. The largest absolute Gasteiger partial charge is 0.421 e. The number of hydrogen-bond acceptors (Lipinski definition) is 5. The molecule has 2 heterocycles. The summed E-state index contributed by atoms with van der Waals surface area (Å²) in [7, 11) is -3.79. The third-order valence-corrected chi connectivity index (χ3v) is 5.53. The standard InChI is InChI=1S/C16H17ClN4O3S/c1-9-14(16-21-20-11(3)24-16)15(10(2)19-9)25(22,23)18-8-12-4-6-13(17)7-5-12/h4-7,18-19H,8H2,1-3H3. The molecule has 1 aromatic carbocycles. The van der Waals surface area contributed by atoms with E-state index in [9.17, 15) is 8.42 Å². The summed E-state index contributed by atoms with van der Waals surface area (Å²) in [5.74, 6) is 0.539. The summed E-state index contributed by atoms with van der Waals surface area (Å²) in [5, 5.41) is 8.32. The smallest absolute Gasteiger partial charge is 0.250 e. The summed E-state index contributed by atoms with van der Waals surface area (Å²) in [4.78, 5) is 3.14. The summed E-state index contributed by atoms with van der Waals surface area (Å²) in [5.41, 5.74) is 2.34. The van der Waals surface area contributed by atoms with Gasteiger partial charge in [-0.3, -0.25) is 0 Å². The molecule has 0 aliphatic carbocycles. The Labute approximate surface area is 150 Å². The molecule has 0 saturated heterocycles. The zero-order valence-electron chi connectivity index (χ0n) is 13.9. The molecule has 3 aromatic rings. The van der Waals surface area contributed by atoms with Gasteiger partial charge in [-0.1, -0.05) is 23.7 Å². The number of benzene rings is 1. The van der Waals surface area contributed by atoms with Crippen LogP contribution in [0.5, 0.6) is 0 Å². The summed E-state index contributed by atoms with van der Waals surface area (Å²) in [6, 6.07) is 6.96. The summed E-state index contributed by atoms with van der Waals surface area (Å²) >= 11 is 5.85. The van der Waals surface area contributed by atoms with Gasteiger partial charge in [0.25, 0.3) is 5.89 Å². The second-order valence-electron chi connectivity index (χ2n) is 5.66. The number of nitrogens with one attached hydrogen (secondary N) is 2. The SMILES string of the molecule is Cc1nnc(-c2c(C)[nH]c(C)c2S(=O)(=O)NCc2ccc(Cl)cc2)o1. The van der Waals surface area contributed by atoms with Crippen molar-refractivity contribution in [3.63, 3.8) is 0 Å². The van der Waals surface area contributed by atoms with Crippen molar-refractivity contribution in [2.24, 2.45) is 0 Å². The van der Waals surface area contributed by atoms with Crippen LogP contribution in [0.2, 0.25) is 5.02 Å². The lowest BCUT2D eigenvalue weighted by molar-refractivity contribution is 0.530. The highest BCUT2D eigenvalue weighted by molar-refractivity contribution is 7.89. The molecule has 25 heavy (non-hydrogen) atoms. The minimum absolute atomic E-state index is 0.114. The zero-order valence-corrected chi connectivity index (χ0v) is 15.5. The van der Waals surface area contributed by atoms with E-state index < -0.39 is 10.0 Å². The van der Waals surface area contributed by atoms with Gasteiger partial charge in [-0.15, -0.1) is 10.2 Å². The lowest BCUT2D eigenvalue weighted by Crippen LogP contribution is -2.24. The van der Waals surface area contributed by atoms with Crippen molar-refractivity contribution >= 4 is 21.6 Å². The van der Waals surface area contributed by atoms with Crippen molar-refractivity contribution in [3.8, 4) is 11.5 Å². The van der Waals surface area contributed by atoms with E-state index in [-0.39, 0.29) is 17.3 Å². The van der Waals surface area contributed by atoms with E-state index in [0.29, 0.717) is 27.9 Å². The predicted octanol–water partition coefficient (Wildman–Crippen LogP) is 3.12. The van der Waals surface area contributed by atoms with Crippen molar-refractivity contribution in [2.45, 2.75) is 32.2 Å². The van der Waals surface area contributed by atoms with Crippen LogP contribution < -0.4 is 4.72 Å². The van der Waals surface area contributed by atoms with E-state index >= 15 is 0 Å². The van der Waals surface area contributed by atoms with E-state index in [1.165, 1.54) is 0 Å². The van der Waals surface area contributed by atoms with Gasteiger partial charge >= 0.3 is 0 Å². The number of aryl methyl sites for hydroxylation is 3. The second-order valence-corrected chi connectivity index (χ2v) is 7.80. The van der Waals surface area contributed by atoms with Gasteiger partial charge in [0.1, 0.15) is 4.90 Å². The van der Waals surface area contributed by atoms with Crippen molar-refractivity contribution < 1.29 is 12.8 Å². The van der Waals surface area contributed by atoms with E-state index in [2.05, 4.69) is 19.9 Å². The minimum Gasteiger partial charge on any atom is -0.421 e. The number of sulfonamides is 1. The number of H-pyrrole nitrogens is 1. The van der Waals surface area contributed by atoms with Crippen LogP contribution >= 0.6 is 11.6 Å². The van der Waals surface area contributed by atoms with Gasteiger partial charge in [-0.2, -0.15) is 0 Å². The van der Waals surface area contributed by atoms with Crippen LogP contribution in [0.4, 0.5) is 0 Å². The lowest BCUT2D eigenvalue weighted by atomic mass is 10.2. The molecule has 7 nitrogen and oxygen atoms in total. The lowest BCUT2D eigenvalue weighted by Gasteiger charge is -2.08. The van der Waals surface area contributed by atoms with Crippen LogP contribution in [0.15, 0.2) is 33.6 Å². The van der Waals surface area contributed by atoms with Gasteiger partial charge in [0, 0.05) is 29.9 Å².